The number of carboxylic acid groups (broad SMARTS) is 1. The van der Waals surface area contributed by atoms with Crippen LogP contribution in [0.2, 0.25) is 0 Å². The van der Waals surface area contributed by atoms with Crippen molar-refractivity contribution in [2.75, 3.05) is 47.5 Å². The molecule has 0 spiro atoms. The number of hydrogen-bond acceptors (Lipinski definition) is 7. The maximum atomic E-state index is 12.9. The summed E-state index contributed by atoms with van der Waals surface area (Å²) in [5.41, 5.74) is 0. The largest absolute Gasteiger partial charge is 0.477 e. The van der Waals surface area contributed by atoms with Gasteiger partial charge in [-0.3, -0.25) is 9.59 Å². The number of allylic oxidation sites excluding steroid dienone is 8. The number of aliphatic carboxylic acids is 1. The van der Waals surface area contributed by atoms with E-state index in [9.17, 15) is 19.5 Å². The molecule has 0 amide bonds. The van der Waals surface area contributed by atoms with Gasteiger partial charge in [0.25, 0.3) is 6.29 Å². The predicted octanol–water partition coefficient (Wildman–Crippen LogP) is 20.6. The minimum Gasteiger partial charge on any atom is -0.477 e. The van der Waals surface area contributed by atoms with Gasteiger partial charge >= 0.3 is 17.9 Å². The first-order valence-electron chi connectivity index (χ1n) is 33.8. The van der Waals surface area contributed by atoms with E-state index >= 15 is 0 Å². The van der Waals surface area contributed by atoms with Gasteiger partial charge in [-0.05, 0) is 51.4 Å². The first-order chi connectivity index (χ1) is 38.6. The molecule has 0 aliphatic heterocycles. The van der Waals surface area contributed by atoms with Crippen molar-refractivity contribution in [3.05, 3.63) is 48.6 Å². The highest BCUT2D eigenvalue weighted by Gasteiger charge is 2.25. The molecule has 0 aliphatic rings. The summed E-state index contributed by atoms with van der Waals surface area (Å²) in [7, 11) is 5.99. The monoisotopic (exact) mass is 1110 g/mol. The van der Waals surface area contributed by atoms with Crippen molar-refractivity contribution in [1.82, 2.24) is 0 Å². The average molecular weight is 1110 g/mol. The fourth-order valence-corrected chi connectivity index (χ4v) is 9.95. The molecule has 0 rings (SSSR count). The number of rotatable bonds is 63. The maximum Gasteiger partial charge on any atom is 0.361 e. The number of nitrogens with zero attached hydrogens (tertiary/aromatic N) is 1. The summed E-state index contributed by atoms with van der Waals surface area (Å²) < 4.78 is 23.0. The maximum absolute atomic E-state index is 12.9. The standard InChI is InChI=1S/C70H129NO8/c1-6-8-10-12-14-16-18-20-22-24-25-26-27-28-29-30-31-32-33-34-35-36-37-38-39-40-41-42-43-45-47-49-51-53-55-57-59-61-68(73)79-66(65-78-70(69(74)75)76-63-62-71(3,4)5)64-77-67(72)60-58-56-54-52-50-48-46-44-23-21-19-17-15-13-11-9-7-2/h8,10,14,16,20,22,25-26,66,70H,6-7,9,11-13,15,17-19,21,23-24,27-65H2,1-5H3/p+1/b10-8-,16-14-,22-20-,26-25-. The summed E-state index contributed by atoms with van der Waals surface area (Å²) in [6, 6.07) is 0. The molecule has 0 heterocycles. The molecule has 1 N–H and O–H groups in total. The van der Waals surface area contributed by atoms with Gasteiger partial charge in [-0.1, -0.05) is 306 Å². The van der Waals surface area contributed by atoms with Crippen molar-refractivity contribution in [3.8, 4) is 0 Å². The molecule has 0 saturated carbocycles. The van der Waals surface area contributed by atoms with Crippen molar-refractivity contribution in [1.29, 1.82) is 0 Å². The first-order valence-corrected chi connectivity index (χ1v) is 33.8. The molecule has 0 bridgehead atoms. The second-order valence-electron chi connectivity index (χ2n) is 24.1. The van der Waals surface area contributed by atoms with Gasteiger partial charge in [0.15, 0.2) is 6.10 Å². The van der Waals surface area contributed by atoms with Crippen LogP contribution in [0.4, 0.5) is 0 Å². The number of hydrogen-bond donors (Lipinski definition) is 1. The number of carboxylic acids is 1. The molecule has 2 atom stereocenters. The minimum atomic E-state index is -1.51. The molecule has 0 radical (unpaired) electrons. The van der Waals surface area contributed by atoms with Crippen LogP contribution in [-0.4, -0.2) is 87.4 Å². The lowest BCUT2D eigenvalue weighted by Gasteiger charge is -2.25. The Balaban J connectivity index is 3.98. The van der Waals surface area contributed by atoms with Gasteiger partial charge in [0.2, 0.25) is 0 Å². The summed E-state index contributed by atoms with van der Waals surface area (Å²) in [6.07, 6.45) is 75.1. The minimum absolute atomic E-state index is 0.175. The van der Waals surface area contributed by atoms with Crippen LogP contribution in [0.1, 0.15) is 322 Å². The Labute approximate surface area is 489 Å². The Bertz CT molecular complexity index is 1430. The van der Waals surface area contributed by atoms with Gasteiger partial charge in [-0.2, -0.15) is 0 Å². The van der Waals surface area contributed by atoms with Crippen molar-refractivity contribution in [3.63, 3.8) is 0 Å². The zero-order chi connectivity index (χ0) is 57.6. The molecular weight excluding hydrogens is 983 g/mol. The van der Waals surface area contributed by atoms with E-state index in [0.717, 1.165) is 64.2 Å². The third-order valence-corrected chi connectivity index (χ3v) is 15.1. The molecule has 79 heavy (non-hydrogen) atoms. The summed E-state index contributed by atoms with van der Waals surface area (Å²) in [4.78, 5) is 37.5. The van der Waals surface area contributed by atoms with Crippen LogP contribution in [0.5, 0.6) is 0 Å². The zero-order valence-corrected chi connectivity index (χ0v) is 52.8. The fraction of sp³-hybridized carbons (Fsp3) is 0.843. The van der Waals surface area contributed by atoms with E-state index in [2.05, 4.69) is 62.5 Å². The van der Waals surface area contributed by atoms with Crippen LogP contribution in [0.3, 0.4) is 0 Å². The van der Waals surface area contributed by atoms with E-state index < -0.39 is 18.4 Å². The van der Waals surface area contributed by atoms with Gasteiger partial charge in [0.1, 0.15) is 13.2 Å². The van der Waals surface area contributed by atoms with E-state index in [1.165, 1.54) is 231 Å². The summed E-state index contributed by atoms with van der Waals surface area (Å²) in [5.74, 6) is -1.98. The van der Waals surface area contributed by atoms with Gasteiger partial charge in [-0.25, -0.2) is 4.79 Å². The molecule has 9 nitrogen and oxygen atoms in total. The number of quaternary nitrogens is 1. The van der Waals surface area contributed by atoms with Crippen molar-refractivity contribution < 1.29 is 42.9 Å². The van der Waals surface area contributed by atoms with E-state index in [0.29, 0.717) is 17.4 Å². The molecule has 0 fully saturated rings. The molecule has 0 aromatic carbocycles. The number of ether oxygens (including phenoxy) is 4. The van der Waals surface area contributed by atoms with Gasteiger partial charge in [0, 0.05) is 12.8 Å². The second-order valence-corrected chi connectivity index (χ2v) is 24.1. The van der Waals surface area contributed by atoms with Crippen molar-refractivity contribution in [2.45, 2.75) is 334 Å². The molecular formula is C70H130NO8+. The fourth-order valence-electron chi connectivity index (χ4n) is 9.95. The summed E-state index contributed by atoms with van der Waals surface area (Å²) >= 11 is 0. The Morgan fingerprint density at radius 3 is 1.08 bits per heavy atom. The number of unbranched alkanes of at least 4 members (excludes halogenated alkanes) is 40. The Morgan fingerprint density at radius 2 is 0.722 bits per heavy atom. The number of esters is 2. The van der Waals surface area contributed by atoms with E-state index in [-0.39, 0.29) is 38.2 Å². The zero-order valence-electron chi connectivity index (χ0n) is 52.8. The normalized spacial score (nSPS) is 13.0. The van der Waals surface area contributed by atoms with Gasteiger partial charge in [-0.15, -0.1) is 0 Å². The third-order valence-electron chi connectivity index (χ3n) is 15.1. The Morgan fingerprint density at radius 1 is 0.392 bits per heavy atom. The van der Waals surface area contributed by atoms with Crippen molar-refractivity contribution in [2.24, 2.45) is 0 Å². The van der Waals surface area contributed by atoms with E-state index in [1.54, 1.807) is 0 Å². The van der Waals surface area contributed by atoms with Crippen LogP contribution in [-0.2, 0) is 33.3 Å². The molecule has 9 heteroatoms. The molecule has 0 aromatic heterocycles. The predicted molar refractivity (Wildman–Crippen MR) is 337 cm³/mol. The SMILES string of the molecule is CC/C=C\C/C=C\C/C=C\C/C=C\CCCCCCCCCCCCCCCCCCCCCCCCCCC(=O)OC(COC(=O)CCCCCCCCCCCCCCCCCCC)COC(OCC[N+](C)(C)C)C(=O)O. The van der Waals surface area contributed by atoms with Crippen LogP contribution in [0, 0.1) is 0 Å². The third kappa shape index (κ3) is 62.7. The molecule has 2 unspecified atom stereocenters. The van der Waals surface area contributed by atoms with E-state index in [1.807, 2.05) is 21.1 Å². The highest BCUT2D eigenvalue weighted by atomic mass is 16.7. The number of carbonyl (C=O) groups is 3. The summed E-state index contributed by atoms with van der Waals surface area (Å²) in [5, 5.41) is 9.72. The molecule has 0 saturated heterocycles. The van der Waals surface area contributed by atoms with E-state index in [4.69, 9.17) is 18.9 Å². The average Bonchev–Trinajstić information content (AvgIpc) is 3.42. The van der Waals surface area contributed by atoms with Crippen LogP contribution >= 0.6 is 0 Å². The van der Waals surface area contributed by atoms with Gasteiger partial charge < -0.3 is 28.5 Å². The molecule has 0 aliphatic carbocycles. The Hall–Kier alpha value is -2.75. The summed E-state index contributed by atoms with van der Waals surface area (Å²) in [6.45, 7) is 4.82. The molecule has 0 aromatic rings. The first kappa shape index (κ1) is 76.2. The van der Waals surface area contributed by atoms with Crippen LogP contribution < -0.4 is 0 Å². The van der Waals surface area contributed by atoms with Crippen LogP contribution in [0.25, 0.3) is 0 Å². The number of carbonyl (C=O) groups excluding carboxylic acids is 2. The number of likely N-dealkylation sites (N-methyl/N-ethyl adjacent to an activating group) is 1. The smallest absolute Gasteiger partial charge is 0.361 e. The highest BCUT2D eigenvalue weighted by Crippen LogP contribution is 2.18. The molecule has 462 valence electrons. The lowest BCUT2D eigenvalue weighted by Crippen LogP contribution is -2.40. The topological polar surface area (TPSA) is 108 Å². The van der Waals surface area contributed by atoms with Gasteiger partial charge in [0.05, 0.1) is 34.4 Å². The highest BCUT2D eigenvalue weighted by molar-refractivity contribution is 5.71. The van der Waals surface area contributed by atoms with Crippen LogP contribution in [0.15, 0.2) is 48.6 Å². The second kappa shape index (κ2) is 61.3. The lowest BCUT2D eigenvalue weighted by molar-refractivity contribution is -0.870. The van der Waals surface area contributed by atoms with Crippen molar-refractivity contribution >= 4 is 17.9 Å². The lowest BCUT2D eigenvalue weighted by atomic mass is 10.0. The Kier molecular flexibility index (Phi) is 59.2. The quantitative estimate of drug-likeness (QED) is 0.0211.